The van der Waals surface area contributed by atoms with Crippen molar-refractivity contribution < 1.29 is 4.74 Å². The van der Waals surface area contributed by atoms with Gasteiger partial charge >= 0.3 is 0 Å². The average molecular weight is 258 g/mol. The van der Waals surface area contributed by atoms with Crippen LogP contribution in [0.3, 0.4) is 0 Å². The zero-order chi connectivity index (χ0) is 13.7. The number of nitrogens with zero attached hydrogens (tertiary/aromatic N) is 2. The highest BCUT2D eigenvalue weighted by atomic mass is 16.5. The Balaban J connectivity index is 2.21. The first-order chi connectivity index (χ1) is 9.25. The fourth-order valence-corrected chi connectivity index (χ4v) is 1.67. The fourth-order valence-electron chi connectivity index (χ4n) is 1.67. The molecule has 0 spiro atoms. The van der Waals surface area contributed by atoms with Crippen LogP contribution in [0.5, 0.6) is 5.75 Å². The van der Waals surface area contributed by atoms with Gasteiger partial charge in [0.1, 0.15) is 23.2 Å². The maximum atomic E-state index is 5.13. The van der Waals surface area contributed by atoms with Gasteiger partial charge in [-0.1, -0.05) is 6.92 Å². The van der Waals surface area contributed by atoms with Gasteiger partial charge in [0.25, 0.3) is 0 Å². The van der Waals surface area contributed by atoms with Gasteiger partial charge in [-0.25, -0.2) is 9.97 Å². The van der Waals surface area contributed by atoms with Gasteiger partial charge < -0.3 is 15.4 Å². The van der Waals surface area contributed by atoms with E-state index in [1.54, 1.807) is 7.11 Å². The Kier molecular flexibility index (Phi) is 4.18. The van der Waals surface area contributed by atoms with Gasteiger partial charge in [-0.2, -0.15) is 0 Å². The normalized spacial score (nSPS) is 10.1. The molecule has 0 unspecified atom stereocenters. The first-order valence-corrected chi connectivity index (χ1v) is 6.22. The molecule has 0 aliphatic carbocycles. The number of rotatable bonds is 5. The Morgan fingerprint density at radius 2 is 1.79 bits per heavy atom. The van der Waals surface area contributed by atoms with E-state index in [4.69, 9.17) is 4.74 Å². The fraction of sp³-hybridized carbons (Fsp3) is 0.286. The van der Waals surface area contributed by atoms with E-state index in [-0.39, 0.29) is 0 Å². The Labute approximate surface area is 113 Å². The van der Waals surface area contributed by atoms with Crippen molar-refractivity contribution >= 4 is 17.3 Å². The summed E-state index contributed by atoms with van der Waals surface area (Å²) in [6, 6.07) is 9.59. The largest absolute Gasteiger partial charge is 0.497 e. The van der Waals surface area contributed by atoms with Crippen LogP contribution in [-0.4, -0.2) is 24.1 Å². The molecule has 0 aliphatic rings. The maximum Gasteiger partial charge on any atom is 0.136 e. The summed E-state index contributed by atoms with van der Waals surface area (Å²) in [6.45, 7) is 2.03. The van der Waals surface area contributed by atoms with Crippen LogP contribution in [0.4, 0.5) is 17.3 Å². The SMILES string of the molecule is CCc1nc(NC)cc(Nc2ccc(OC)cc2)n1. The topological polar surface area (TPSA) is 59.1 Å². The summed E-state index contributed by atoms with van der Waals surface area (Å²) in [6.07, 6.45) is 0.798. The number of aromatic nitrogens is 2. The van der Waals surface area contributed by atoms with Crippen LogP contribution >= 0.6 is 0 Å². The Hall–Kier alpha value is -2.30. The van der Waals surface area contributed by atoms with Crippen LogP contribution in [0.25, 0.3) is 0 Å². The van der Waals surface area contributed by atoms with E-state index in [1.807, 2.05) is 44.3 Å². The third-order valence-electron chi connectivity index (χ3n) is 2.71. The molecule has 0 aliphatic heterocycles. The van der Waals surface area contributed by atoms with Gasteiger partial charge in [0, 0.05) is 25.2 Å². The minimum atomic E-state index is 0.779. The zero-order valence-electron chi connectivity index (χ0n) is 11.4. The molecule has 0 amide bonds. The molecule has 0 saturated heterocycles. The Bertz CT molecular complexity index is 517. The van der Waals surface area contributed by atoms with Crippen molar-refractivity contribution in [3.05, 3.63) is 36.2 Å². The van der Waals surface area contributed by atoms with Crippen LogP contribution in [0, 0.1) is 0 Å². The number of anilines is 3. The quantitative estimate of drug-likeness (QED) is 0.863. The predicted molar refractivity (Wildman–Crippen MR) is 77.2 cm³/mol. The molecule has 19 heavy (non-hydrogen) atoms. The summed E-state index contributed by atoms with van der Waals surface area (Å²) in [5, 5.41) is 6.29. The van der Waals surface area contributed by atoms with Crippen molar-refractivity contribution in [3.8, 4) is 5.75 Å². The van der Waals surface area contributed by atoms with Gasteiger partial charge in [-0.05, 0) is 24.3 Å². The number of ether oxygens (including phenoxy) is 1. The highest BCUT2D eigenvalue weighted by Crippen LogP contribution is 2.20. The molecule has 0 atom stereocenters. The summed E-state index contributed by atoms with van der Waals surface area (Å²) < 4.78 is 5.13. The van der Waals surface area contributed by atoms with E-state index in [1.165, 1.54) is 0 Å². The summed E-state index contributed by atoms with van der Waals surface area (Å²) in [7, 11) is 3.50. The molecule has 0 radical (unpaired) electrons. The van der Waals surface area contributed by atoms with E-state index in [9.17, 15) is 0 Å². The summed E-state index contributed by atoms with van der Waals surface area (Å²) >= 11 is 0. The Morgan fingerprint density at radius 3 is 2.37 bits per heavy atom. The third kappa shape index (κ3) is 3.34. The van der Waals surface area contributed by atoms with E-state index < -0.39 is 0 Å². The third-order valence-corrected chi connectivity index (χ3v) is 2.71. The van der Waals surface area contributed by atoms with E-state index in [0.717, 1.165) is 35.3 Å². The lowest BCUT2D eigenvalue weighted by Crippen LogP contribution is -2.03. The number of nitrogens with one attached hydrogen (secondary N) is 2. The standard InChI is InChI=1S/C14H18N4O/c1-4-12-17-13(15-2)9-14(18-12)16-10-5-7-11(19-3)8-6-10/h5-9H,4H2,1-3H3,(H2,15,16,17,18). The second-order valence-corrected chi connectivity index (χ2v) is 4.01. The highest BCUT2D eigenvalue weighted by Gasteiger charge is 2.03. The van der Waals surface area contributed by atoms with Crippen LogP contribution < -0.4 is 15.4 Å². The minimum Gasteiger partial charge on any atom is -0.497 e. The molecule has 2 aromatic rings. The second-order valence-electron chi connectivity index (χ2n) is 4.01. The van der Waals surface area contributed by atoms with E-state index in [2.05, 4.69) is 20.6 Å². The predicted octanol–water partition coefficient (Wildman–Crippen LogP) is 2.83. The molecule has 0 fully saturated rings. The number of hydrogen-bond acceptors (Lipinski definition) is 5. The van der Waals surface area contributed by atoms with Gasteiger partial charge in [-0.3, -0.25) is 0 Å². The molecule has 5 nitrogen and oxygen atoms in total. The molecule has 2 N–H and O–H groups in total. The number of aryl methyl sites for hydroxylation is 1. The number of benzene rings is 1. The molecule has 100 valence electrons. The lowest BCUT2D eigenvalue weighted by molar-refractivity contribution is 0.415. The highest BCUT2D eigenvalue weighted by molar-refractivity contribution is 5.59. The van der Waals surface area contributed by atoms with Crippen LogP contribution in [0.15, 0.2) is 30.3 Å². The van der Waals surface area contributed by atoms with Crippen molar-refractivity contribution in [2.24, 2.45) is 0 Å². The van der Waals surface area contributed by atoms with Gasteiger partial charge in [0.05, 0.1) is 7.11 Å². The Morgan fingerprint density at radius 1 is 1.11 bits per heavy atom. The summed E-state index contributed by atoms with van der Waals surface area (Å²) in [5.74, 6) is 3.23. The monoisotopic (exact) mass is 258 g/mol. The van der Waals surface area contributed by atoms with Crippen molar-refractivity contribution in [2.45, 2.75) is 13.3 Å². The minimum absolute atomic E-state index is 0.779. The molecule has 0 bridgehead atoms. The molecule has 5 heteroatoms. The smallest absolute Gasteiger partial charge is 0.136 e. The average Bonchev–Trinajstić information content (AvgIpc) is 2.47. The van der Waals surface area contributed by atoms with Crippen LogP contribution in [-0.2, 0) is 6.42 Å². The van der Waals surface area contributed by atoms with Gasteiger partial charge in [0.15, 0.2) is 0 Å². The van der Waals surface area contributed by atoms with E-state index >= 15 is 0 Å². The maximum absolute atomic E-state index is 5.13. The van der Waals surface area contributed by atoms with Gasteiger partial charge in [-0.15, -0.1) is 0 Å². The molecular weight excluding hydrogens is 240 g/mol. The molecule has 0 saturated carbocycles. The summed E-state index contributed by atoms with van der Waals surface area (Å²) in [5.41, 5.74) is 0.962. The number of methoxy groups -OCH3 is 1. The molecule has 1 aromatic carbocycles. The lowest BCUT2D eigenvalue weighted by Gasteiger charge is -2.09. The van der Waals surface area contributed by atoms with Crippen LogP contribution in [0.2, 0.25) is 0 Å². The molecule has 1 aromatic heterocycles. The first-order valence-electron chi connectivity index (χ1n) is 6.22. The van der Waals surface area contributed by atoms with Crippen molar-refractivity contribution in [2.75, 3.05) is 24.8 Å². The first kappa shape index (κ1) is 13.1. The van der Waals surface area contributed by atoms with Crippen molar-refractivity contribution in [1.82, 2.24) is 9.97 Å². The number of hydrogen-bond donors (Lipinski definition) is 2. The second kappa shape index (κ2) is 6.04. The van der Waals surface area contributed by atoms with Crippen molar-refractivity contribution in [3.63, 3.8) is 0 Å². The van der Waals surface area contributed by atoms with Crippen molar-refractivity contribution in [1.29, 1.82) is 0 Å². The van der Waals surface area contributed by atoms with Crippen LogP contribution in [0.1, 0.15) is 12.7 Å². The molecule has 2 rings (SSSR count). The molecule has 1 heterocycles. The lowest BCUT2D eigenvalue weighted by atomic mass is 10.3. The van der Waals surface area contributed by atoms with Gasteiger partial charge in [0.2, 0.25) is 0 Å². The zero-order valence-corrected chi connectivity index (χ0v) is 11.4. The van der Waals surface area contributed by atoms with E-state index in [0.29, 0.717) is 0 Å². The molecular formula is C14H18N4O. The summed E-state index contributed by atoms with van der Waals surface area (Å²) in [4.78, 5) is 8.80.